The van der Waals surface area contributed by atoms with Crippen LogP contribution in [0.5, 0.6) is 5.75 Å². The molecule has 1 N–H and O–H groups in total. The van der Waals surface area contributed by atoms with Gasteiger partial charge in [-0.05, 0) is 37.6 Å². The lowest BCUT2D eigenvalue weighted by Crippen LogP contribution is -2.15. The molecule has 9 nitrogen and oxygen atoms in total. The topological polar surface area (TPSA) is 112 Å². The van der Waals surface area contributed by atoms with E-state index < -0.39 is 10.8 Å². The van der Waals surface area contributed by atoms with E-state index in [-0.39, 0.29) is 11.3 Å². The van der Waals surface area contributed by atoms with Crippen LogP contribution in [0.25, 0.3) is 5.65 Å². The number of nitrogens with zero attached hydrogens (tertiary/aromatic N) is 4. The lowest BCUT2D eigenvalue weighted by atomic mass is 10.1. The summed E-state index contributed by atoms with van der Waals surface area (Å²) in [5.74, 6) is 0.352. The van der Waals surface area contributed by atoms with Gasteiger partial charge in [-0.15, -0.1) is 0 Å². The van der Waals surface area contributed by atoms with Crippen LogP contribution in [0.15, 0.2) is 30.5 Å². The number of nitro groups is 1. The summed E-state index contributed by atoms with van der Waals surface area (Å²) in [5, 5.41) is 18.0. The van der Waals surface area contributed by atoms with Crippen LogP contribution in [0.2, 0.25) is 0 Å². The van der Waals surface area contributed by atoms with Crippen LogP contribution in [0.4, 0.5) is 11.4 Å². The van der Waals surface area contributed by atoms with Crippen molar-refractivity contribution < 1.29 is 14.5 Å². The normalized spacial score (nSPS) is 10.7. The Bertz CT molecular complexity index is 996. The Balaban J connectivity index is 1.98. The molecule has 0 saturated heterocycles. The van der Waals surface area contributed by atoms with Crippen molar-refractivity contribution in [1.82, 2.24) is 14.6 Å². The molecule has 0 spiro atoms. The van der Waals surface area contributed by atoms with Crippen LogP contribution in [0.1, 0.15) is 21.7 Å². The number of pyridine rings is 1. The average molecular weight is 341 g/mol. The van der Waals surface area contributed by atoms with Gasteiger partial charge in [0.05, 0.1) is 23.9 Å². The molecule has 0 saturated carbocycles. The van der Waals surface area contributed by atoms with E-state index in [0.717, 1.165) is 5.56 Å². The lowest BCUT2D eigenvalue weighted by molar-refractivity contribution is -0.385. The van der Waals surface area contributed by atoms with Gasteiger partial charge in [0, 0.05) is 6.07 Å². The van der Waals surface area contributed by atoms with Crippen LogP contribution >= 0.6 is 0 Å². The molecule has 0 radical (unpaired) electrons. The molecule has 2 heterocycles. The number of anilines is 1. The first-order valence-electron chi connectivity index (χ1n) is 7.36. The first kappa shape index (κ1) is 16.4. The predicted octanol–water partition coefficient (Wildman–Crippen LogP) is 2.52. The molecule has 0 fully saturated rings. The third-order valence-corrected chi connectivity index (χ3v) is 3.63. The monoisotopic (exact) mass is 341 g/mol. The summed E-state index contributed by atoms with van der Waals surface area (Å²) in [7, 11) is 1.42. The highest BCUT2D eigenvalue weighted by molar-refractivity contribution is 6.07. The Morgan fingerprint density at radius 1 is 1.32 bits per heavy atom. The minimum Gasteiger partial charge on any atom is -0.497 e. The maximum Gasteiger partial charge on any atom is 0.282 e. The molecule has 128 valence electrons. The van der Waals surface area contributed by atoms with Crippen molar-refractivity contribution in [2.75, 3.05) is 12.4 Å². The number of ether oxygens (including phenoxy) is 1. The second-order valence-electron chi connectivity index (χ2n) is 5.43. The van der Waals surface area contributed by atoms with Crippen LogP contribution in [0.3, 0.4) is 0 Å². The molecule has 1 aromatic carbocycles. The van der Waals surface area contributed by atoms with Crippen molar-refractivity contribution in [3.63, 3.8) is 0 Å². The number of methoxy groups -OCH3 is 1. The highest BCUT2D eigenvalue weighted by atomic mass is 16.6. The van der Waals surface area contributed by atoms with Gasteiger partial charge in [-0.2, -0.15) is 5.10 Å². The van der Waals surface area contributed by atoms with E-state index in [1.165, 1.54) is 25.3 Å². The molecule has 1 amide bonds. The van der Waals surface area contributed by atoms with Gasteiger partial charge in [0.25, 0.3) is 11.6 Å². The Hall–Kier alpha value is -3.49. The zero-order chi connectivity index (χ0) is 18.1. The first-order chi connectivity index (χ1) is 11.9. The molecular weight excluding hydrogens is 326 g/mol. The summed E-state index contributed by atoms with van der Waals surface area (Å²) in [6, 6.07) is 5.73. The Kier molecular flexibility index (Phi) is 4.05. The SMILES string of the molecule is COc1ccc([N+](=O)[O-])c(C(=O)Nc2cc(C)c3nc(C)nn3c2)c1. The molecule has 0 unspecified atom stereocenters. The maximum atomic E-state index is 12.5. The average Bonchev–Trinajstić information content (AvgIpc) is 2.95. The van der Waals surface area contributed by atoms with Crippen molar-refractivity contribution in [1.29, 1.82) is 0 Å². The highest BCUT2D eigenvalue weighted by Gasteiger charge is 2.21. The molecule has 0 aliphatic heterocycles. The number of rotatable bonds is 4. The summed E-state index contributed by atoms with van der Waals surface area (Å²) in [6.45, 7) is 3.61. The standard InChI is InChI=1S/C16H15N5O4/c1-9-6-11(8-20-15(9)17-10(2)19-20)18-16(22)13-7-12(25-3)4-5-14(13)21(23)24/h4-8H,1-3H3,(H,18,22). The third kappa shape index (κ3) is 3.11. The van der Waals surface area contributed by atoms with E-state index in [2.05, 4.69) is 15.4 Å². The summed E-state index contributed by atoms with van der Waals surface area (Å²) in [6.07, 6.45) is 1.60. The van der Waals surface area contributed by atoms with Gasteiger partial charge in [-0.3, -0.25) is 14.9 Å². The van der Waals surface area contributed by atoms with Crippen LogP contribution in [-0.2, 0) is 0 Å². The summed E-state index contributed by atoms with van der Waals surface area (Å²) >= 11 is 0. The minimum atomic E-state index is -0.610. The minimum absolute atomic E-state index is 0.0862. The number of hydrogen-bond acceptors (Lipinski definition) is 6. The third-order valence-electron chi connectivity index (χ3n) is 3.63. The quantitative estimate of drug-likeness (QED) is 0.576. The van der Waals surface area contributed by atoms with Crippen molar-refractivity contribution >= 4 is 22.9 Å². The van der Waals surface area contributed by atoms with Gasteiger partial charge >= 0.3 is 0 Å². The molecule has 0 atom stereocenters. The molecule has 2 aromatic heterocycles. The molecular formula is C16H15N5O4. The Morgan fingerprint density at radius 3 is 2.76 bits per heavy atom. The fourth-order valence-electron chi connectivity index (χ4n) is 2.51. The van der Waals surface area contributed by atoms with Crippen molar-refractivity contribution in [3.8, 4) is 5.75 Å². The van der Waals surface area contributed by atoms with E-state index in [4.69, 9.17) is 4.74 Å². The Labute approximate surface area is 142 Å². The predicted molar refractivity (Wildman–Crippen MR) is 90.1 cm³/mol. The number of aromatic nitrogens is 3. The zero-order valence-corrected chi connectivity index (χ0v) is 13.8. The van der Waals surface area contributed by atoms with E-state index >= 15 is 0 Å². The number of carbonyl (C=O) groups is 1. The number of amides is 1. The molecule has 0 bridgehead atoms. The van der Waals surface area contributed by atoms with Crippen LogP contribution in [0, 0.1) is 24.0 Å². The maximum absolute atomic E-state index is 12.5. The second kappa shape index (κ2) is 6.19. The Morgan fingerprint density at radius 2 is 2.08 bits per heavy atom. The fraction of sp³-hybridized carbons (Fsp3) is 0.188. The number of benzene rings is 1. The van der Waals surface area contributed by atoms with Crippen molar-refractivity contribution in [3.05, 3.63) is 57.5 Å². The van der Waals surface area contributed by atoms with E-state index in [1.807, 2.05) is 6.92 Å². The number of carbonyl (C=O) groups excluding carboxylic acids is 1. The summed E-state index contributed by atoms with van der Waals surface area (Å²) in [4.78, 5) is 27.4. The first-order valence-corrected chi connectivity index (χ1v) is 7.36. The lowest BCUT2D eigenvalue weighted by Gasteiger charge is -2.08. The highest BCUT2D eigenvalue weighted by Crippen LogP contribution is 2.25. The van der Waals surface area contributed by atoms with Crippen LogP contribution in [-0.4, -0.2) is 32.5 Å². The van der Waals surface area contributed by atoms with Crippen LogP contribution < -0.4 is 10.1 Å². The fourth-order valence-corrected chi connectivity index (χ4v) is 2.51. The number of aryl methyl sites for hydroxylation is 2. The van der Waals surface area contributed by atoms with Gasteiger partial charge in [-0.25, -0.2) is 9.50 Å². The second-order valence-corrected chi connectivity index (χ2v) is 5.43. The summed E-state index contributed by atoms with van der Waals surface area (Å²) < 4.78 is 6.60. The largest absolute Gasteiger partial charge is 0.497 e. The zero-order valence-electron chi connectivity index (χ0n) is 13.8. The molecule has 3 rings (SSSR count). The number of hydrogen-bond donors (Lipinski definition) is 1. The summed E-state index contributed by atoms with van der Waals surface area (Å²) in [5.41, 5.74) is 1.57. The molecule has 9 heteroatoms. The van der Waals surface area contributed by atoms with Crippen molar-refractivity contribution in [2.24, 2.45) is 0 Å². The van der Waals surface area contributed by atoms with Gasteiger partial charge < -0.3 is 10.1 Å². The van der Waals surface area contributed by atoms with E-state index in [9.17, 15) is 14.9 Å². The van der Waals surface area contributed by atoms with Crippen molar-refractivity contribution in [2.45, 2.75) is 13.8 Å². The van der Waals surface area contributed by atoms with Gasteiger partial charge in [0.15, 0.2) is 5.65 Å². The smallest absolute Gasteiger partial charge is 0.282 e. The van der Waals surface area contributed by atoms with Gasteiger partial charge in [-0.1, -0.05) is 0 Å². The molecule has 0 aliphatic carbocycles. The van der Waals surface area contributed by atoms with Gasteiger partial charge in [0.2, 0.25) is 0 Å². The molecule has 3 aromatic rings. The number of fused-ring (bicyclic) bond motifs is 1. The molecule has 25 heavy (non-hydrogen) atoms. The van der Waals surface area contributed by atoms with E-state index in [1.54, 1.807) is 23.7 Å². The number of nitro benzene ring substituents is 1. The molecule has 0 aliphatic rings. The van der Waals surface area contributed by atoms with E-state index in [0.29, 0.717) is 22.9 Å². The van der Waals surface area contributed by atoms with Gasteiger partial charge in [0.1, 0.15) is 17.1 Å². The number of nitrogens with one attached hydrogen (secondary N) is 1.